The highest BCUT2D eigenvalue weighted by Crippen LogP contribution is 2.60. The molecule has 4 aliphatic carbocycles. The van der Waals surface area contributed by atoms with Crippen LogP contribution in [0, 0.1) is 23.2 Å². The average Bonchev–Trinajstić information content (AvgIpc) is 3.44. The fourth-order valence-electron chi connectivity index (χ4n) is 6.91. The van der Waals surface area contributed by atoms with Gasteiger partial charge >= 0.3 is 0 Å². The predicted molar refractivity (Wildman–Crippen MR) is 133 cm³/mol. The van der Waals surface area contributed by atoms with Crippen molar-refractivity contribution in [1.82, 2.24) is 14.5 Å². The van der Waals surface area contributed by atoms with Crippen LogP contribution in [0.15, 0.2) is 36.9 Å². The van der Waals surface area contributed by atoms with Crippen LogP contribution in [0.25, 0.3) is 10.2 Å². The van der Waals surface area contributed by atoms with Crippen molar-refractivity contribution in [2.24, 2.45) is 23.2 Å². The Labute approximate surface area is 204 Å². The number of hydrogen-bond acceptors (Lipinski definition) is 5. The lowest BCUT2D eigenvalue weighted by Crippen LogP contribution is -2.55. The molecule has 0 spiro atoms. The molecule has 0 radical (unpaired) electrons. The van der Waals surface area contributed by atoms with E-state index in [0.29, 0.717) is 12.5 Å². The first-order chi connectivity index (χ1) is 15.6. The summed E-state index contributed by atoms with van der Waals surface area (Å²) >= 11 is 1.61. The number of rotatable bonds is 7. The Morgan fingerprint density at radius 3 is 2.58 bits per heavy atom. The van der Waals surface area contributed by atoms with E-state index >= 15 is 0 Å². The minimum absolute atomic E-state index is 0. The SMILES string of the molecule is COc1ccc2nc(N(CCCn3ccnc3)C(=O)C34CC5CC(CC(C5)C3)C4)sc2c1.Cl. The molecule has 0 atom stereocenters. The Morgan fingerprint density at radius 1 is 1.21 bits per heavy atom. The molecule has 6 nitrogen and oxygen atoms in total. The highest BCUT2D eigenvalue weighted by Gasteiger charge is 2.55. The minimum atomic E-state index is -0.167. The lowest BCUT2D eigenvalue weighted by atomic mass is 9.49. The van der Waals surface area contributed by atoms with E-state index in [9.17, 15) is 4.79 Å². The van der Waals surface area contributed by atoms with Crippen LogP contribution in [0.4, 0.5) is 5.13 Å². The van der Waals surface area contributed by atoms with Gasteiger partial charge in [0.1, 0.15) is 5.75 Å². The quantitative estimate of drug-likeness (QED) is 0.438. The van der Waals surface area contributed by atoms with Crippen LogP contribution < -0.4 is 9.64 Å². The number of anilines is 1. The molecule has 0 aliphatic heterocycles. The smallest absolute Gasteiger partial charge is 0.235 e. The lowest BCUT2D eigenvalue weighted by molar-refractivity contribution is -0.143. The van der Waals surface area contributed by atoms with Crippen LogP contribution in [-0.2, 0) is 11.3 Å². The molecule has 4 aliphatic rings. The Morgan fingerprint density at radius 2 is 1.94 bits per heavy atom. The van der Waals surface area contributed by atoms with Crippen LogP contribution in [0.2, 0.25) is 0 Å². The molecule has 4 saturated carbocycles. The first-order valence-electron chi connectivity index (χ1n) is 11.8. The standard InChI is InChI=1S/C25H30N4O2S.ClH/c1-31-20-3-4-21-22(12-20)32-24(27-21)29(7-2-6-28-8-5-26-16-28)23(30)25-13-17-9-18(14-25)11-19(10-17)15-25;/h3-5,8,12,16-19H,2,6-7,9-11,13-15H2,1H3;1H. The van der Waals surface area contributed by atoms with E-state index in [4.69, 9.17) is 9.72 Å². The van der Waals surface area contributed by atoms with Crippen LogP contribution in [0.3, 0.4) is 0 Å². The minimum Gasteiger partial charge on any atom is -0.497 e. The molecule has 8 heteroatoms. The number of amides is 1. The zero-order valence-electron chi connectivity index (χ0n) is 19.0. The molecular formula is C25H31ClN4O2S. The number of methoxy groups -OCH3 is 1. The Hall–Kier alpha value is -2.12. The first-order valence-corrected chi connectivity index (χ1v) is 12.7. The zero-order valence-corrected chi connectivity index (χ0v) is 20.6. The Kier molecular flexibility index (Phi) is 6.12. The first kappa shape index (κ1) is 22.7. The van der Waals surface area contributed by atoms with E-state index in [1.54, 1.807) is 24.6 Å². The van der Waals surface area contributed by atoms with Crippen LogP contribution >= 0.6 is 23.7 Å². The van der Waals surface area contributed by atoms with Crippen molar-refractivity contribution in [3.8, 4) is 5.75 Å². The molecule has 2 heterocycles. The number of imidazole rings is 1. The maximum Gasteiger partial charge on any atom is 0.235 e. The molecular weight excluding hydrogens is 456 g/mol. The van der Waals surface area contributed by atoms with Gasteiger partial charge in [0.15, 0.2) is 5.13 Å². The van der Waals surface area contributed by atoms with Crippen LogP contribution in [-0.4, -0.2) is 34.1 Å². The monoisotopic (exact) mass is 486 g/mol. The lowest BCUT2D eigenvalue weighted by Gasteiger charge is -2.56. The number of aryl methyl sites for hydroxylation is 1. The van der Waals surface area contributed by atoms with Gasteiger partial charge in [-0.1, -0.05) is 11.3 Å². The normalized spacial score (nSPS) is 27.5. The van der Waals surface area contributed by atoms with Crippen molar-refractivity contribution < 1.29 is 9.53 Å². The summed E-state index contributed by atoms with van der Waals surface area (Å²) < 4.78 is 8.55. The van der Waals surface area contributed by atoms with Crippen molar-refractivity contribution in [3.05, 3.63) is 36.9 Å². The number of nitrogens with zero attached hydrogens (tertiary/aromatic N) is 4. The van der Waals surface area contributed by atoms with Gasteiger partial charge in [-0.25, -0.2) is 9.97 Å². The summed E-state index contributed by atoms with van der Waals surface area (Å²) in [4.78, 5) is 25.3. The molecule has 33 heavy (non-hydrogen) atoms. The van der Waals surface area contributed by atoms with Gasteiger partial charge < -0.3 is 9.30 Å². The third kappa shape index (κ3) is 4.14. The molecule has 1 aromatic carbocycles. The summed E-state index contributed by atoms with van der Waals surface area (Å²) in [7, 11) is 1.68. The summed E-state index contributed by atoms with van der Waals surface area (Å²) in [6, 6.07) is 5.96. The number of carbonyl (C=O) groups excluding carboxylic acids is 1. The molecule has 2 aromatic heterocycles. The third-order valence-electron chi connectivity index (χ3n) is 7.91. The highest BCUT2D eigenvalue weighted by atomic mass is 35.5. The molecule has 3 aromatic rings. The van der Waals surface area contributed by atoms with Crippen LogP contribution in [0.1, 0.15) is 44.9 Å². The molecule has 0 unspecified atom stereocenters. The third-order valence-corrected chi connectivity index (χ3v) is 8.95. The van der Waals surface area contributed by atoms with Gasteiger partial charge in [-0.3, -0.25) is 9.69 Å². The molecule has 4 fully saturated rings. The topological polar surface area (TPSA) is 60.2 Å². The molecule has 0 N–H and O–H groups in total. The second-order valence-electron chi connectivity index (χ2n) is 10.1. The summed E-state index contributed by atoms with van der Waals surface area (Å²) in [6.45, 7) is 1.54. The molecule has 0 saturated heterocycles. The summed E-state index contributed by atoms with van der Waals surface area (Å²) in [5, 5.41) is 0.833. The maximum absolute atomic E-state index is 14.2. The van der Waals surface area contributed by atoms with Gasteiger partial charge in [-0.2, -0.15) is 0 Å². The van der Waals surface area contributed by atoms with Crippen molar-refractivity contribution in [1.29, 1.82) is 0 Å². The van der Waals surface area contributed by atoms with Crippen molar-refractivity contribution >= 4 is 45.0 Å². The van der Waals surface area contributed by atoms with E-state index in [0.717, 1.165) is 71.1 Å². The van der Waals surface area contributed by atoms with Gasteiger partial charge in [0.05, 0.1) is 29.1 Å². The fraction of sp³-hybridized carbons (Fsp3) is 0.560. The molecule has 7 rings (SSSR count). The zero-order chi connectivity index (χ0) is 21.7. The predicted octanol–water partition coefficient (Wildman–Crippen LogP) is 5.56. The molecule has 176 valence electrons. The van der Waals surface area contributed by atoms with Crippen molar-refractivity contribution in [3.63, 3.8) is 0 Å². The number of thiazole rings is 1. The van der Waals surface area contributed by atoms with E-state index in [1.165, 1.54) is 19.3 Å². The Bertz CT molecular complexity index is 1090. The molecule has 1 amide bonds. The number of carbonyl (C=O) groups is 1. The fourth-order valence-corrected chi connectivity index (χ4v) is 7.93. The number of aromatic nitrogens is 3. The number of benzene rings is 1. The second-order valence-corrected chi connectivity index (χ2v) is 11.1. The van der Waals surface area contributed by atoms with Gasteiger partial charge in [0, 0.05) is 25.5 Å². The summed E-state index contributed by atoms with van der Waals surface area (Å²) in [5.41, 5.74) is 0.767. The number of ether oxygens (including phenoxy) is 1. The van der Waals surface area contributed by atoms with E-state index in [-0.39, 0.29) is 17.8 Å². The van der Waals surface area contributed by atoms with Gasteiger partial charge in [0.2, 0.25) is 5.91 Å². The van der Waals surface area contributed by atoms with E-state index in [1.807, 2.05) is 35.6 Å². The maximum atomic E-state index is 14.2. The number of halogens is 1. The van der Waals surface area contributed by atoms with Crippen molar-refractivity contribution in [2.75, 3.05) is 18.6 Å². The largest absolute Gasteiger partial charge is 0.497 e. The molecule has 4 bridgehead atoms. The van der Waals surface area contributed by atoms with Gasteiger partial charge in [-0.15, -0.1) is 12.4 Å². The van der Waals surface area contributed by atoms with Crippen molar-refractivity contribution in [2.45, 2.75) is 51.5 Å². The van der Waals surface area contributed by atoms with Crippen LogP contribution in [0.5, 0.6) is 5.75 Å². The Balaban J connectivity index is 0.00000228. The number of fused-ring (bicyclic) bond motifs is 1. The number of hydrogen-bond donors (Lipinski definition) is 0. The average molecular weight is 487 g/mol. The van der Waals surface area contributed by atoms with Gasteiger partial charge in [-0.05, 0) is 80.9 Å². The summed E-state index contributed by atoms with van der Waals surface area (Å²) in [5.74, 6) is 3.40. The second kappa shape index (κ2) is 8.91. The summed E-state index contributed by atoms with van der Waals surface area (Å²) in [6.07, 6.45) is 13.8. The van der Waals surface area contributed by atoms with Gasteiger partial charge in [0.25, 0.3) is 0 Å². The highest BCUT2D eigenvalue weighted by molar-refractivity contribution is 7.22. The van der Waals surface area contributed by atoms with E-state index < -0.39 is 0 Å². The van der Waals surface area contributed by atoms with E-state index in [2.05, 4.69) is 9.55 Å².